The summed E-state index contributed by atoms with van der Waals surface area (Å²) >= 11 is 0. The van der Waals surface area contributed by atoms with E-state index in [4.69, 9.17) is 5.11 Å². The van der Waals surface area contributed by atoms with Crippen LogP contribution in [0.25, 0.3) is 0 Å². The van der Waals surface area contributed by atoms with E-state index in [2.05, 4.69) is 15.6 Å². The Hall–Kier alpha value is -1.95. The minimum atomic E-state index is -1.01. The number of likely N-dealkylation sites (N-methyl/N-ethyl adjacent to an activating group) is 1. The maximum Gasteiger partial charge on any atom is 0.335 e. The van der Waals surface area contributed by atoms with E-state index in [1.54, 1.807) is 0 Å². The molecule has 6 heteroatoms. The van der Waals surface area contributed by atoms with Crippen molar-refractivity contribution in [1.29, 1.82) is 0 Å². The Labute approximate surface area is 99.1 Å². The van der Waals surface area contributed by atoms with Crippen molar-refractivity contribution >= 4 is 11.9 Å². The van der Waals surface area contributed by atoms with E-state index in [0.717, 1.165) is 6.54 Å². The minimum absolute atomic E-state index is 0.144. The minimum Gasteiger partial charge on any atom is -0.478 e. The van der Waals surface area contributed by atoms with Crippen molar-refractivity contribution < 1.29 is 14.7 Å². The Bertz CT molecular complexity index is 407. The molecule has 1 rings (SSSR count). The first-order valence-electron chi connectivity index (χ1n) is 5.29. The molecular weight excluding hydrogens is 222 g/mol. The summed E-state index contributed by atoms with van der Waals surface area (Å²) in [7, 11) is 0. The third-order valence-electron chi connectivity index (χ3n) is 2.07. The first-order valence-corrected chi connectivity index (χ1v) is 5.29. The molecular formula is C11H15N3O3. The maximum atomic E-state index is 11.3. The van der Waals surface area contributed by atoms with E-state index in [0.29, 0.717) is 5.69 Å². The van der Waals surface area contributed by atoms with E-state index >= 15 is 0 Å². The zero-order valence-corrected chi connectivity index (χ0v) is 9.56. The highest BCUT2D eigenvalue weighted by Gasteiger charge is 2.05. The standard InChI is InChI=1S/C11H15N3O3/c1-2-12-7-10(15)14-6-9-5-8(11(16)17)3-4-13-9/h3-5,12H,2,6-7H2,1H3,(H,14,15)(H,16,17). The largest absolute Gasteiger partial charge is 0.478 e. The fourth-order valence-corrected chi connectivity index (χ4v) is 1.20. The van der Waals surface area contributed by atoms with Crippen molar-refractivity contribution in [3.8, 4) is 0 Å². The zero-order chi connectivity index (χ0) is 12.7. The quantitative estimate of drug-likeness (QED) is 0.648. The van der Waals surface area contributed by atoms with Gasteiger partial charge in [-0.05, 0) is 18.7 Å². The van der Waals surface area contributed by atoms with Crippen LogP contribution in [0.15, 0.2) is 18.3 Å². The molecule has 0 aromatic carbocycles. The number of carboxylic acid groups (broad SMARTS) is 1. The Morgan fingerprint density at radius 2 is 2.24 bits per heavy atom. The molecule has 1 aromatic rings. The topological polar surface area (TPSA) is 91.3 Å². The van der Waals surface area contributed by atoms with Gasteiger partial charge in [-0.2, -0.15) is 0 Å². The number of rotatable bonds is 6. The summed E-state index contributed by atoms with van der Waals surface area (Å²) in [4.78, 5) is 26.0. The Morgan fingerprint density at radius 1 is 1.47 bits per heavy atom. The average molecular weight is 237 g/mol. The Morgan fingerprint density at radius 3 is 2.88 bits per heavy atom. The summed E-state index contributed by atoms with van der Waals surface area (Å²) in [5.41, 5.74) is 0.686. The van der Waals surface area contributed by atoms with Crippen molar-refractivity contribution in [1.82, 2.24) is 15.6 Å². The lowest BCUT2D eigenvalue weighted by Gasteiger charge is -2.05. The first-order chi connectivity index (χ1) is 8.13. The Kier molecular flexibility index (Phi) is 5.09. The van der Waals surface area contributed by atoms with Gasteiger partial charge in [-0.3, -0.25) is 9.78 Å². The van der Waals surface area contributed by atoms with Crippen LogP contribution in [0.2, 0.25) is 0 Å². The second-order valence-corrected chi connectivity index (χ2v) is 3.40. The van der Waals surface area contributed by atoms with Crippen LogP contribution in [-0.2, 0) is 11.3 Å². The number of carbonyl (C=O) groups is 2. The van der Waals surface area contributed by atoms with Crippen LogP contribution in [0.4, 0.5) is 0 Å². The van der Waals surface area contributed by atoms with Crippen molar-refractivity contribution in [2.75, 3.05) is 13.1 Å². The van der Waals surface area contributed by atoms with Crippen LogP contribution in [0.5, 0.6) is 0 Å². The highest BCUT2D eigenvalue weighted by molar-refractivity contribution is 5.87. The molecule has 0 saturated heterocycles. The number of hydrogen-bond donors (Lipinski definition) is 3. The summed E-state index contributed by atoms with van der Waals surface area (Å²) in [6.45, 7) is 3.10. The van der Waals surface area contributed by atoms with Gasteiger partial charge in [0.2, 0.25) is 5.91 Å². The third-order valence-corrected chi connectivity index (χ3v) is 2.07. The van der Waals surface area contributed by atoms with Gasteiger partial charge < -0.3 is 15.7 Å². The summed E-state index contributed by atoms with van der Waals surface area (Å²) in [5, 5.41) is 14.3. The molecule has 0 bridgehead atoms. The van der Waals surface area contributed by atoms with Gasteiger partial charge in [-0.1, -0.05) is 6.92 Å². The molecule has 0 fully saturated rings. The van der Waals surface area contributed by atoms with Gasteiger partial charge >= 0.3 is 5.97 Å². The second kappa shape index (κ2) is 6.59. The number of hydrogen-bond acceptors (Lipinski definition) is 4. The molecule has 1 heterocycles. The molecule has 0 atom stereocenters. The smallest absolute Gasteiger partial charge is 0.335 e. The normalized spacial score (nSPS) is 9.94. The molecule has 3 N–H and O–H groups in total. The van der Waals surface area contributed by atoms with Crippen LogP contribution in [0, 0.1) is 0 Å². The molecule has 0 radical (unpaired) electrons. The second-order valence-electron chi connectivity index (χ2n) is 3.40. The van der Waals surface area contributed by atoms with Crippen molar-refractivity contribution in [2.45, 2.75) is 13.5 Å². The molecule has 0 aliphatic carbocycles. The lowest BCUT2D eigenvalue weighted by Crippen LogP contribution is -2.33. The van der Waals surface area contributed by atoms with Crippen LogP contribution < -0.4 is 10.6 Å². The summed E-state index contributed by atoms with van der Waals surface area (Å²) in [6.07, 6.45) is 1.41. The summed E-state index contributed by atoms with van der Waals surface area (Å²) in [5.74, 6) is -1.15. The van der Waals surface area contributed by atoms with Crippen molar-refractivity contribution in [3.63, 3.8) is 0 Å². The van der Waals surface area contributed by atoms with Gasteiger partial charge in [0, 0.05) is 6.20 Å². The SMILES string of the molecule is CCNCC(=O)NCc1cc(C(=O)O)ccn1. The van der Waals surface area contributed by atoms with Crippen LogP contribution >= 0.6 is 0 Å². The molecule has 0 aliphatic heterocycles. The molecule has 0 unspecified atom stereocenters. The van der Waals surface area contributed by atoms with Gasteiger partial charge in [0.1, 0.15) is 0 Å². The molecule has 0 aliphatic rings. The number of aromatic nitrogens is 1. The number of nitrogens with one attached hydrogen (secondary N) is 2. The predicted molar refractivity (Wildman–Crippen MR) is 61.6 cm³/mol. The molecule has 1 aromatic heterocycles. The number of nitrogens with zero attached hydrogens (tertiary/aromatic N) is 1. The van der Waals surface area contributed by atoms with E-state index in [1.165, 1.54) is 18.3 Å². The highest BCUT2D eigenvalue weighted by Crippen LogP contribution is 2.01. The Balaban J connectivity index is 2.49. The van der Waals surface area contributed by atoms with Gasteiger partial charge in [-0.25, -0.2) is 4.79 Å². The van der Waals surface area contributed by atoms with Crippen LogP contribution in [-0.4, -0.2) is 35.1 Å². The van der Waals surface area contributed by atoms with Gasteiger partial charge in [-0.15, -0.1) is 0 Å². The molecule has 6 nitrogen and oxygen atoms in total. The zero-order valence-electron chi connectivity index (χ0n) is 9.56. The number of pyridine rings is 1. The van der Waals surface area contributed by atoms with Crippen molar-refractivity contribution in [2.24, 2.45) is 0 Å². The predicted octanol–water partition coefficient (Wildman–Crippen LogP) is 0.00550. The molecule has 17 heavy (non-hydrogen) atoms. The maximum absolute atomic E-state index is 11.3. The third kappa shape index (κ3) is 4.60. The van der Waals surface area contributed by atoms with E-state index in [1.807, 2.05) is 6.92 Å². The fourth-order valence-electron chi connectivity index (χ4n) is 1.20. The molecule has 0 spiro atoms. The summed E-state index contributed by atoms with van der Waals surface area (Å²) < 4.78 is 0. The number of amides is 1. The molecule has 92 valence electrons. The molecule has 0 saturated carbocycles. The van der Waals surface area contributed by atoms with Crippen molar-refractivity contribution in [3.05, 3.63) is 29.6 Å². The lowest BCUT2D eigenvalue weighted by molar-refractivity contribution is -0.120. The van der Waals surface area contributed by atoms with E-state index in [-0.39, 0.29) is 24.6 Å². The number of aromatic carboxylic acids is 1. The van der Waals surface area contributed by atoms with Crippen LogP contribution in [0.3, 0.4) is 0 Å². The van der Waals surface area contributed by atoms with Gasteiger partial charge in [0.05, 0.1) is 24.3 Å². The summed E-state index contributed by atoms with van der Waals surface area (Å²) in [6, 6.07) is 2.85. The lowest BCUT2D eigenvalue weighted by atomic mass is 10.2. The van der Waals surface area contributed by atoms with Gasteiger partial charge in [0.15, 0.2) is 0 Å². The molecule has 1 amide bonds. The van der Waals surface area contributed by atoms with E-state index in [9.17, 15) is 9.59 Å². The fraction of sp³-hybridized carbons (Fsp3) is 0.364. The van der Waals surface area contributed by atoms with Crippen LogP contribution in [0.1, 0.15) is 23.0 Å². The first kappa shape index (κ1) is 13.1. The average Bonchev–Trinajstić information content (AvgIpc) is 2.34. The number of carboxylic acids is 1. The van der Waals surface area contributed by atoms with E-state index < -0.39 is 5.97 Å². The number of carbonyl (C=O) groups excluding carboxylic acids is 1. The monoisotopic (exact) mass is 237 g/mol. The highest BCUT2D eigenvalue weighted by atomic mass is 16.4. The van der Waals surface area contributed by atoms with Gasteiger partial charge in [0.25, 0.3) is 0 Å².